The van der Waals surface area contributed by atoms with Crippen LogP contribution in [0.25, 0.3) is 0 Å². The van der Waals surface area contributed by atoms with Crippen LogP contribution in [-0.2, 0) is 4.74 Å². The van der Waals surface area contributed by atoms with E-state index in [-0.39, 0.29) is 0 Å². The second kappa shape index (κ2) is 5.07. The average molecular weight is 349 g/mol. The van der Waals surface area contributed by atoms with Gasteiger partial charge in [-0.15, -0.1) is 0 Å². The van der Waals surface area contributed by atoms with Crippen molar-refractivity contribution < 1.29 is 4.74 Å². The molecule has 0 amide bonds. The molecule has 0 bridgehead atoms. The smallest absolute Gasteiger partial charge is 0.0631 e. The van der Waals surface area contributed by atoms with Gasteiger partial charge in [0.1, 0.15) is 0 Å². The molecule has 0 aliphatic heterocycles. The number of ether oxygens (including phenoxy) is 1. The largest absolute Gasteiger partial charge is 0.381 e. The third kappa shape index (κ3) is 2.60. The van der Waals surface area contributed by atoms with Gasteiger partial charge < -0.3 is 10.1 Å². The predicted molar refractivity (Wildman–Crippen MR) is 74.0 cm³/mol. The van der Waals surface area contributed by atoms with Crippen molar-refractivity contribution in [1.82, 2.24) is 0 Å². The second-order valence-corrected chi connectivity index (χ2v) is 5.98. The molecule has 0 heterocycles. The number of halogens is 2. The Kier molecular flexibility index (Phi) is 3.93. The molecule has 1 fully saturated rings. The van der Waals surface area contributed by atoms with Crippen molar-refractivity contribution in [3.8, 4) is 0 Å². The Bertz CT molecular complexity index is 366. The Labute approximate surface area is 113 Å². The van der Waals surface area contributed by atoms with Gasteiger partial charge in [-0.25, -0.2) is 0 Å². The molecule has 1 N–H and O–H groups in total. The minimum Gasteiger partial charge on any atom is -0.381 e. The normalized spacial score (nSPS) is 24.0. The standard InChI is InChI=1S/C12H15Br2NO/c1-7-3-10(13)12(11(14)4-7)15-8-5-9(6-8)16-2/h3-4,8-9,15H,5-6H2,1-2H3. The topological polar surface area (TPSA) is 21.3 Å². The maximum absolute atomic E-state index is 5.27. The van der Waals surface area contributed by atoms with Crippen LogP contribution in [0.3, 0.4) is 0 Å². The van der Waals surface area contributed by atoms with Crippen LogP contribution in [0.2, 0.25) is 0 Å². The van der Waals surface area contributed by atoms with Gasteiger partial charge in [0.15, 0.2) is 0 Å². The summed E-state index contributed by atoms with van der Waals surface area (Å²) in [4.78, 5) is 0. The van der Waals surface area contributed by atoms with E-state index in [0.29, 0.717) is 12.1 Å². The van der Waals surface area contributed by atoms with Gasteiger partial charge >= 0.3 is 0 Å². The minimum absolute atomic E-state index is 0.431. The molecule has 0 radical (unpaired) electrons. The minimum atomic E-state index is 0.431. The predicted octanol–water partition coefficient (Wildman–Crippen LogP) is 4.11. The first-order valence-corrected chi connectivity index (χ1v) is 6.93. The van der Waals surface area contributed by atoms with Crippen LogP contribution in [0.1, 0.15) is 18.4 Å². The lowest BCUT2D eigenvalue weighted by Crippen LogP contribution is -2.40. The summed E-state index contributed by atoms with van der Waals surface area (Å²) in [6.07, 6.45) is 2.60. The van der Waals surface area contributed by atoms with E-state index in [4.69, 9.17) is 4.74 Å². The van der Waals surface area contributed by atoms with Gasteiger partial charge in [-0.1, -0.05) is 0 Å². The summed E-state index contributed by atoms with van der Waals surface area (Å²) >= 11 is 7.18. The summed E-state index contributed by atoms with van der Waals surface area (Å²) < 4.78 is 7.49. The van der Waals surface area contributed by atoms with Crippen LogP contribution in [0.5, 0.6) is 0 Å². The van der Waals surface area contributed by atoms with Gasteiger partial charge in [0.25, 0.3) is 0 Å². The number of anilines is 1. The van der Waals surface area contributed by atoms with Crippen molar-refractivity contribution in [2.24, 2.45) is 0 Å². The van der Waals surface area contributed by atoms with E-state index in [2.05, 4.69) is 56.2 Å². The monoisotopic (exact) mass is 347 g/mol. The third-order valence-corrected chi connectivity index (χ3v) is 4.21. The summed E-state index contributed by atoms with van der Waals surface area (Å²) in [6.45, 7) is 2.09. The van der Waals surface area contributed by atoms with Gasteiger partial charge in [0.2, 0.25) is 0 Å². The van der Waals surface area contributed by atoms with Crippen molar-refractivity contribution in [1.29, 1.82) is 0 Å². The van der Waals surface area contributed by atoms with Crippen LogP contribution in [0, 0.1) is 6.92 Å². The molecule has 88 valence electrons. The SMILES string of the molecule is COC1CC(Nc2c(Br)cc(C)cc2Br)C1. The quantitative estimate of drug-likeness (QED) is 0.887. The highest BCUT2D eigenvalue weighted by atomic mass is 79.9. The Morgan fingerprint density at radius 2 is 1.81 bits per heavy atom. The van der Waals surface area contributed by atoms with Gasteiger partial charge in [-0.05, 0) is 69.3 Å². The van der Waals surface area contributed by atoms with Crippen molar-refractivity contribution >= 4 is 37.5 Å². The number of aryl methyl sites for hydroxylation is 1. The van der Waals surface area contributed by atoms with Crippen LogP contribution in [0.4, 0.5) is 5.69 Å². The first-order valence-electron chi connectivity index (χ1n) is 5.35. The first kappa shape index (κ1) is 12.4. The Hall–Kier alpha value is -0.0600. The van der Waals surface area contributed by atoms with E-state index in [1.807, 2.05) is 0 Å². The Morgan fingerprint density at radius 3 is 2.31 bits per heavy atom. The van der Waals surface area contributed by atoms with Crippen LogP contribution in [0.15, 0.2) is 21.1 Å². The molecule has 16 heavy (non-hydrogen) atoms. The molecular formula is C12H15Br2NO. The molecule has 1 aromatic carbocycles. The van der Waals surface area contributed by atoms with Crippen LogP contribution in [-0.4, -0.2) is 19.3 Å². The Balaban J connectivity index is 2.05. The summed E-state index contributed by atoms with van der Waals surface area (Å²) in [5.41, 5.74) is 2.39. The van der Waals surface area contributed by atoms with Gasteiger partial charge in [-0.2, -0.15) is 0 Å². The first-order chi connectivity index (χ1) is 7.60. The van der Waals surface area contributed by atoms with E-state index in [9.17, 15) is 0 Å². The lowest BCUT2D eigenvalue weighted by molar-refractivity contribution is 0.0328. The fourth-order valence-electron chi connectivity index (χ4n) is 1.92. The third-order valence-electron chi connectivity index (χ3n) is 2.96. The molecule has 0 spiro atoms. The summed E-state index contributed by atoms with van der Waals surface area (Å²) in [7, 11) is 1.78. The maximum Gasteiger partial charge on any atom is 0.0631 e. The number of hydrogen-bond donors (Lipinski definition) is 1. The number of methoxy groups -OCH3 is 1. The second-order valence-electron chi connectivity index (χ2n) is 4.27. The average Bonchev–Trinajstić information content (AvgIpc) is 2.13. The van der Waals surface area contributed by atoms with E-state index in [1.165, 1.54) is 5.56 Å². The van der Waals surface area contributed by atoms with E-state index < -0.39 is 0 Å². The van der Waals surface area contributed by atoms with Crippen LogP contribution < -0.4 is 5.32 Å². The number of rotatable bonds is 3. The highest BCUT2D eigenvalue weighted by Gasteiger charge is 2.29. The highest BCUT2D eigenvalue weighted by molar-refractivity contribution is 9.11. The maximum atomic E-state index is 5.27. The van der Waals surface area contributed by atoms with Crippen molar-refractivity contribution in [2.45, 2.75) is 31.9 Å². The van der Waals surface area contributed by atoms with Gasteiger partial charge in [-0.3, -0.25) is 0 Å². The van der Waals surface area contributed by atoms with Crippen LogP contribution >= 0.6 is 31.9 Å². The summed E-state index contributed by atoms with van der Waals surface area (Å²) in [5, 5.41) is 3.53. The van der Waals surface area contributed by atoms with Gasteiger partial charge in [0.05, 0.1) is 11.8 Å². The lowest BCUT2D eigenvalue weighted by atomic mass is 9.89. The Morgan fingerprint density at radius 1 is 1.25 bits per heavy atom. The molecule has 0 aromatic heterocycles. The lowest BCUT2D eigenvalue weighted by Gasteiger charge is -2.35. The molecular weight excluding hydrogens is 334 g/mol. The zero-order chi connectivity index (χ0) is 11.7. The summed E-state index contributed by atoms with van der Waals surface area (Å²) in [6, 6.07) is 4.78. The van der Waals surface area contributed by atoms with E-state index >= 15 is 0 Å². The van der Waals surface area contributed by atoms with Gasteiger partial charge in [0, 0.05) is 22.1 Å². The fourth-order valence-corrected chi connectivity index (χ4v) is 3.56. The fraction of sp³-hybridized carbons (Fsp3) is 0.500. The number of hydrogen-bond acceptors (Lipinski definition) is 2. The zero-order valence-electron chi connectivity index (χ0n) is 9.39. The zero-order valence-corrected chi connectivity index (χ0v) is 12.6. The molecule has 1 aromatic rings. The van der Waals surface area contributed by atoms with Crippen molar-refractivity contribution in [2.75, 3.05) is 12.4 Å². The molecule has 1 saturated carbocycles. The number of nitrogens with one attached hydrogen (secondary N) is 1. The van der Waals surface area contributed by atoms with E-state index in [0.717, 1.165) is 27.5 Å². The molecule has 2 rings (SSSR count). The molecule has 4 heteroatoms. The molecule has 1 aliphatic rings. The number of benzene rings is 1. The summed E-state index contributed by atoms with van der Waals surface area (Å²) in [5.74, 6) is 0. The molecule has 0 unspecified atom stereocenters. The molecule has 0 saturated heterocycles. The molecule has 0 atom stereocenters. The van der Waals surface area contributed by atoms with E-state index in [1.54, 1.807) is 7.11 Å². The molecule has 2 nitrogen and oxygen atoms in total. The highest BCUT2D eigenvalue weighted by Crippen LogP contribution is 2.35. The van der Waals surface area contributed by atoms with Crippen molar-refractivity contribution in [3.63, 3.8) is 0 Å². The molecule has 1 aliphatic carbocycles. The van der Waals surface area contributed by atoms with Crippen molar-refractivity contribution in [3.05, 3.63) is 26.6 Å².